The molecular weight excluding hydrogens is 530 g/mol. The van der Waals surface area contributed by atoms with E-state index in [2.05, 4.69) is 33.6 Å². The zero-order valence-corrected chi connectivity index (χ0v) is 23.5. The molecule has 7 N–H and O–H groups in total. The molecular formula is C29H37N5O5S. The maximum Gasteiger partial charge on any atom is 0.327 e. The van der Waals surface area contributed by atoms with Crippen molar-refractivity contribution >= 4 is 47.2 Å². The minimum absolute atomic E-state index is 0.0925. The average molecular weight is 568 g/mol. The molecule has 1 heterocycles. The molecule has 10 nitrogen and oxygen atoms in total. The number of hydrogen-bond acceptors (Lipinski definition) is 6. The summed E-state index contributed by atoms with van der Waals surface area (Å²) in [7, 11) is 0. The molecule has 0 saturated heterocycles. The summed E-state index contributed by atoms with van der Waals surface area (Å²) < 4.78 is 0. The lowest BCUT2D eigenvalue weighted by Crippen LogP contribution is -2.59. The molecule has 2 aromatic carbocycles. The van der Waals surface area contributed by atoms with Crippen LogP contribution in [-0.2, 0) is 32.0 Å². The Bertz CT molecular complexity index is 1310. The number of aromatic amines is 1. The number of thiol groups is 1. The van der Waals surface area contributed by atoms with Crippen molar-refractivity contribution in [3.63, 3.8) is 0 Å². The molecule has 5 unspecified atom stereocenters. The third kappa shape index (κ3) is 8.09. The highest BCUT2D eigenvalue weighted by Crippen LogP contribution is 2.20. The van der Waals surface area contributed by atoms with Crippen LogP contribution >= 0.6 is 12.6 Å². The van der Waals surface area contributed by atoms with Gasteiger partial charge in [0.25, 0.3) is 0 Å². The van der Waals surface area contributed by atoms with Gasteiger partial charge in [0.15, 0.2) is 0 Å². The summed E-state index contributed by atoms with van der Waals surface area (Å²) in [5, 5.41) is 18.3. The predicted molar refractivity (Wildman–Crippen MR) is 157 cm³/mol. The van der Waals surface area contributed by atoms with Gasteiger partial charge in [-0.15, -0.1) is 0 Å². The second-order valence-corrected chi connectivity index (χ2v) is 10.2. The second-order valence-electron chi connectivity index (χ2n) is 9.87. The number of rotatable bonds is 14. The van der Waals surface area contributed by atoms with Gasteiger partial charge < -0.3 is 31.8 Å². The Morgan fingerprint density at radius 1 is 0.900 bits per heavy atom. The Labute approximate surface area is 238 Å². The molecule has 0 radical (unpaired) electrons. The van der Waals surface area contributed by atoms with Crippen molar-refractivity contribution in [2.75, 3.05) is 5.75 Å². The van der Waals surface area contributed by atoms with Crippen LogP contribution < -0.4 is 21.7 Å². The first-order valence-electron chi connectivity index (χ1n) is 13.2. The van der Waals surface area contributed by atoms with E-state index in [0.717, 1.165) is 22.0 Å². The topological polar surface area (TPSA) is 166 Å². The molecule has 3 aromatic rings. The Balaban J connectivity index is 1.81. The quantitative estimate of drug-likeness (QED) is 0.147. The van der Waals surface area contributed by atoms with Crippen LogP contribution in [-0.4, -0.2) is 63.7 Å². The van der Waals surface area contributed by atoms with E-state index >= 15 is 0 Å². The van der Waals surface area contributed by atoms with Gasteiger partial charge in [-0.2, -0.15) is 12.6 Å². The molecule has 0 spiro atoms. The predicted octanol–water partition coefficient (Wildman–Crippen LogP) is 1.80. The number of H-pyrrole nitrogens is 1. The molecule has 0 saturated carbocycles. The smallest absolute Gasteiger partial charge is 0.327 e. The Morgan fingerprint density at radius 3 is 2.20 bits per heavy atom. The van der Waals surface area contributed by atoms with Gasteiger partial charge in [-0.3, -0.25) is 14.4 Å². The van der Waals surface area contributed by atoms with Gasteiger partial charge in [0.05, 0.1) is 6.04 Å². The molecule has 40 heavy (non-hydrogen) atoms. The van der Waals surface area contributed by atoms with Crippen molar-refractivity contribution in [2.24, 2.45) is 11.7 Å². The minimum atomic E-state index is -1.24. The number of aliphatic carboxylic acids is 1. The van der Waals surface area contributed by atoms with Gasteiger partial charge in [-0.25, -0.2) is 4.79 Å². The van der Waals surface area contributed by atoms with Gasteiger partial charge in [-0.1, -0.05) is 68.8 Å². The lowest BCUT2D eigenvalue weighted by Gasteiger charge is -2.28. The largest absolute Gasteiger partial charge is 0.480 e. The number of carboxylic acid groups (broad SMARTS) is 1. The van der Waals surface area contributed by atoms with Gasteiger partial charge in [0, 0.05) is 29.3 Å². The number of carbonyl (C=O) groups excluding carboxylic acids is 3. The molecule has 3 rings (SSSR count). The molecule has 1 aromatic heterocycles. The number of aromatic nitrogens is 1. The van der Waals surface area contributed by atoms with Gasteiger partial charge in [0.2, 0.25) is 17.7 Å². The van der Waals surface area contributed by atoms with E-state index in [1.807, 2.05) is 68.4 Å². The lowest BCUT2D eigenvalue weighted by atomic mass is 9.96. The van der Waals surface area contributed by atoms with Crippen molar-refractivity contribution in [2.45, 2.75) is 57.3 Å². The zero-order chi connectivity index (χ0) is 29.2. The fourth-order valence-electron chi connectivity index (χ4n) is 4.37. The average Bonchev–Trinajstić information content (AvgIpc) is 3.36. The van der Waals surface area contributed by atoms with E-state index in [0.29, 0.717) is 12.8 Å². The Kier molecular flexibility index (Phi) is 11.2. The number of nitrogens with two attached hydrogens (primary N) is 1. The van der Waals surface area contributed by atoms with Crippen LogP contribution in [0, 0.1) is 5.92 Å². The van der Waals surface area contributed by atoms with E-state index in [4.69, 9.17) is 5.73 Å². The summed E-state index contributed by atoms with van der Waals surface area (Å²) in [5.74, 6) is -3.35. The number of nitrogens with one attached hydrogen (secondary N) is 4. The van der Waals surface area contributed by atoms with Crippen molar-refractivity contribution in [3.05, 3.63) is 71.9 Å². The highest BCUT2D eigenvalue weighted by atomic mass is 32.1. The van der Waals surface area contributed by atoms with Crippen molar-refractivity contribution in [1.29, 1.82) is 0 Å². The first-order chi connectivity index (χ1) is 19.1. The highest BCUT2D eigenvalue weighted by molar-refractivity contribution is 7.80. The number of amides is 3. The first-order valence-corrected chi connectivity index (χ1v) is 13.9. The first kappa shape index (κ1) is 30.7. The SMILES string of the molecule is CCC(C)C(NC(=O)C(N)Cc1ccccc1)C(=O)NC(Cc1c[nH]c2ccccc12)C(=O)NC(CS)C(=O)O. The molecule has 3 amide bonds. The molecule has 0 fully saturated rings. The number of benzene rings is 2. The van der Waals surface area contributed by atoms with E-state index in [1.54, 1.807) is 6.20 Å². The van der Waals surface area contributed by atoms with E-state index in [9.17, 15) is 24.3 Å². The van der Waals surface area contributed by atoms with Crippen molar-refractivity contribution in [1.82, 2.24) is 20.9 Å². The standard InChI is InChI=1S/C29H37N5O5S/c1-3-17(2)25(34-26(35)21(30)13-18-9-5-4-6-10-18)28(37)32-23(27(36)33-24(16-40)29(38)39)14-19-15-31-22-12-8-7-11-20(19)22/h4-12,15,17,21,23-25,31,40H,3,13-14,16,30H2,1-2H3,(H,32,37)(H,33,36)(H,34,35)(H,38,39). The minimum Gasteiger partial charge on any atom is -0.480 e. The molecule has 0 bridgehead atoms. The highest BCUT2D eigenvalue weighted by Gasteiger charge is 2.32. The van der Waals surface area contributed by atoms with Crippen LogP contribution in [0.3, 0.4) is 0 Å². The maximum absolute atomic E-state index is 13.6. The summed E-state index contributed by atoms with van der Waals surface area (Å²) >= 11 is 4.02. The fourth-order valence-corrected chi connectivity index (χ4v) is 4.62. The number of hydrogen-bond donors (Lipinski definition) is 7. The fraction of sp³-hybridized carbons (Fsp3) is 0.379. The van der Waals surface area contributed by atoms with E-state index < -0.39 is 47.9 Å². The molecule has 214 valence electrons. The molecule has 0 aliphatic rings. The lowest BCUT2D eigenvalue weighted by molar-refractivity contribution is -0.141. The van der Waals surface area contributed by atoms with Crippen LogP contribution in [0.25, 0.3) is 10.9 Å². The van der Waals surface area contributed by atoms with Crippen LogP contribution in [0.15, 0.2) is 60.8 Å². The third-order valence-electron chi connectivity index (χ3n) is 6.96. The van der Waals surface area contributed by atoms with Crippen LogP contribution in [0.4, 0.5) is 0 Å². The van der Waals surface area contributed by atoms with E-state index in [1.165, 1.54) is 0 Å². The Morgan fingerprint density at radius 2 is 1.55 bits per heavy atom. The summed E-state index contributed by atoms with van der Waals surface area (Å²) in [6.45, 7) is 3.71. The maximum atomic E-state index is 13.6. The monoisotopic (exact) mass is 567 g/mol. The third-order valence-corrected chi connectivity index (χ3v) is 7.32. The number of carboxylic acids is 1. The summed E-state index contributed by atoms with van der Waals surface area (Å²) in [4.78, 5) is 54.5. The number of fused-ring (bicyclic) bond motifs is 1. The normalized spacial score (nSPS) is 14.9. The van der Waals surface area contributed by atoms with Crippen molar-refractivity contribution in [3.8, 4) is 0 Å². The van der Waals surface area contributed by atoms with Crippen LogP contribution in [0.1, 0.15) is 31.4 Å². The number of para-hydroxylation sites is 1. The Hall–Kier alpha value is -3.83. The van der Waals surface area contributed by atoms with E-state index in [-0.39, 0.29) is 18.1 Å². The number of carbonyl (C=O) groups is 4. The van der Waals surface area contributed by atoms with Crippen LogP contribution in [0.5, 0.6) is 0 Å². The van der Waals surface area contributed by atoms with Gasteiger partial charge >= 0.3 is 5.97 Å². The summed E-state index contributed by atoms with van der Waals surface area (Å²) in [6, 6.07) is 12.7. The summed E-state index contributed by atoms with van der Waals surface area (Å²) in [5.41, 5.74) is 8.67. The van der Waals surface area contributed by atoms with Crippen molar-refractivity contribution < 1.29 is 24.3 Å². The van der Waals surface area contributed by atoms with Gasteiger partial charge in [-0.05, 0) is 29.5 Å². The second kappa shape index (κ2) is 14.5. The molecule has 11 heteroatoms. The molecule has 5 atom stereocenters. The molecule has 0 aliphatic carbocycles. The summed E-state index contributed by atoms with van der Waals surface area (Å²) in [6.07, 6.45) is 2.72. The van der Waals surface area contributed by atoms with Crippen LogP contribution in [0.2, 0.25) is 0 Å². The zero-order valence-electron chi connectivity index (χ0n) is 22.6. The molecule has 0 aliphatic heterocycles. The van der Waals surface area contributed by atoms with Gasteiger partial charge in [0.1, 0.15) is 18.1 Å².